The number of rotatable bonds is 7. The number of hydrogen-bond acceptors (Lipinski definition) is 6. The van der Waals surface area contributed by atoms with Crippen LogP contribution in [0, 0.1) is 6.92 Å². The average molecular weight is 501 g/mol. The molecule has 1 aliphatic heterocycles. The quantitative estimate of drug-likeness (QED) is 0.513. The van der Waals surface area contributed by atoms with Gasteiger partial charge in [0, 0.05) is 30.5 Å². The second-order valence-electron chi connectivity index (χ2n) is 7.91. The van der Waals surface area contributed by atoms with E-state index in [-0.39, 0.29) is 15.4 Å². The lowest BCUT2D eigenvalue weighted by molar-refractivity contribution is 0.102. The van der Waals surface area contributed by atoms with E-state index in [0.29, 0.717) is 30.0 Å². The van der Waals surface area contributed by atoms with E-state index in [0.717, 1.165) is 12.8 Å². The van der Waals surface area contributed by atoms with Crippen molar-refractivity contribution < 1.29 is 21.6 Å². The van der Waals surface area contributed by atoms with Crippen molar-refractivity contribution in [3.05, 3.63) is 78.1 Å². The van der Waals surface area contributed by atoms with Crippen molar-refractivity contribution in [3.8, 4) is 0 Å². The van der Waals surface area contributed by atoms with Crippen LogP contribution < -0.4 is 10.0 Å². The van der Waals surface area contributed by atoms with Crippen molar-refractivity contribution in [1.29, 1.82) is 0 Å². The summed E-state index contributed by atoms with van der Waals surface area (Å²) in [5.41, 5.74) is 1.56. The Morgan fingerprint density at radius 2 is 1.59 bits per heavy atom. The number of pyridine rings is 1. The van der Waals surface area contributed by atoms with Crippen molar-refractivity contribution in [2.75, 3.05) is 23.1 Å². The van der Waals surface area contributed by atoms with Crippen molar-refractivity contribution in [2.45, 2.75) is 29.6 Å². The summed E-state index contributed by atoms with van der Waals surface area (Å²) in [4.78, 5) is 16.9. The summed E-state index contributed by atoms with van der Waals surface area (Å²) in [6.45, 7) is 2.67. The van der Waals surface area contributed by atoms with E-state index in [2.05, 4.69) is 15.0 Å². The lowest BCUT2D eigenvalue weighted by Gasteiger charge is -2.17. The fraction of sp³-hybridized carbons (Fsp3) is 0.217. The molecule has 2 heterocycles. The number of nitrogens with one attached hydrogen (secondary N) is 2. The fourth-order valence-electron chi connectivity index (χ4n) is 3.64. The number of aryl methyl sites for hydroxylation is 1. The Labute approximate surface area is 198 Å². The standard InChI is InChI=1S/C23H24N4O5S2/c1-17-6-9-21(34(31,32)27-13-2-3-14-27)15-22(17)23(28)25-18-7-10-20(11-8-18)33(29,30)26-19-5-4-12-24-16-19/h4-12,15-16,26H,2-3,13-14H2,1H3,(H,25,28). The molecule has 34 heavy (non-hydrogen) atoms. The van der Waals surface area contributed by atoms with Gasteiger partial charge in [0.1, 0.15) is 0 Å². The molecule has 1 saturated heterocycles. The highest BCUT2D eigenvalue weighted by Crippen LogP contribution is 2.24. The van der Waals surface area contributed by atoms with Crippen LogP contribution in [0.3, 0.4) is 0 Å². The minimum absolute atomic E-state index is 0.0178. The maximum Gasteiger partial charge on any atom is 0.261 e. The second-order valence-corrected chi connectivity index (χ2v) is 11.5. The van der Waals surface area contributed by atoms with Gasteiger partial charge < -0.3 is 5.32 Å². The van der Waals surface area contributed by atoms with Gasteiger partial charge in [-0.05, 0) is 73.9 Å². The van der Waals surface area contributed by atoms with Crippen molar-refractivity contribution in [1.82, 2.24) is 9.29 Å². The maximum absolute atomic E-state index is 12.9. The molecule has 1 aliphatic rings. The third-order valence-corrected chi connectivity index (χ3v) is 8.78. The lowest BCUT2D eigenvalue weighted by atomic mass is 10.1. The molecule has 0 spiro atoms. The van der Waals surface area contributed by atoms with Gasteiger partial charge in [-0.1, -0.05) is 6.07 Å². The molecular weight excluding hydrogens is 476 g/mol. The van der Waals surface area contributed by atoms with E-state index in [1.165, 1.54) is 53.1 Å². The van der Waals surface area contributed by atoms with Crippen LogP contribution >= 0.6 is 0 Å². The van der Waals surface area contributed by atoms with Gasteiger partial charge in [0.15, 0.2) is 0 Å². The zero-order valence-electron chi connectivity index (χ0n) is 18.4. The number of anilines is 2. The fourth-order valence-corrected chi connectivity index (χ4v) is 6.22. The first kappa shape index (κ1) is 23.9. The van der Waals surface area contributed by atoms with Crippen molar-refractivity contribution >= 4 is 37.3 Å². The molecule has 0 bridgehead atoms. The zero-order valence-corrected chi connectivity index (χ0v) is 20.1. The monoisotopic (exact) mass is 500 g/mol. The topological polar surface area (TPSA) is 126 Å². The predicted molar refractivity (Wildman–Crippen MR) is 129 cm³/mol. The smallest absolute Gasteiger partial charge is 0.261 e. The number of nitrogens with zero attached hydrogens (tertiary/aromatic N) is 2. The van der Waals surface area contributed by atoms with Gasteiger partial charge in [-0.25, -0.2) is 16.8 Å². The van der Waals surface area contributed by atoms with Gasteiger partial charge in [-0.15, -0.1) is 0 Å². The average Bonchev–Trinajstić information content (AvgIpc) is 3.36. The first-order chi connectivity index (χ1) is 16.2. The number of hydrogen-bond donors (Lipinski definition) is 2. The van der Waals surface area contributed by atoms with E-state index in [1.807, 2.05) is 0 Å². The molecule has 178 valence electrons. The third kappa shape index (κ3) is 5.11. The van der Waals surface area contributed by atoms with Crippen LogP contribution in [0.5, 0.6) is 0 Å². The molecule has 2 aromatic carbocycles. The van der Waals surface area contributed by atoms with Gasteiger partial charge in [0.25, 0.3) is 15.9 Å². The third-order valence-electron chi connectivity index (χ3n) is 5.49. The van der Waals surface area contributed by atoms with E-state index in [4.69, 9.17) is 0 Å². The van der Waals surface area contributed by atoms with E-state index in [9.17, 15) is 21.6 Å². The van der Waals surface area contributed by atoms with Crippen LogP contribution in [-0.2, 0) is 20.0 Å². The lowest BCUT2D eigenvalue weighted by Crippen LogP contribution is -2.28. The van der Waals surface area contributed by atoms with E-state index < -0.39 is 26.0 Å². The Kier molecular flexibility index (Phi) is 6.69. The molecule has 3 aromatic rings. The molecule has 0 atom stereocenters. The molecule has 4 rings (SSSR count). The minimum Gasteiger partial charge on any atom is -0.322 e. The van der Waals surface area contributed by atoms with Crippen LogP contribution in [0.15, 0.2) is 76.8 Å². The molecule has 11 heteroatoms. The molecule has 2 N–H and O–H groups in total. The zero-order chi connectivity index (χ0) is 24.3. The Hall–Kier alpha value is -3.28. The van der Waals surface area contributed by atoms with Crippen LogP contribution in [0.2, 0.25) is 0 Å². The molecule has 1 aromatic heterocycles. The number of carbonyl (C=O) groups is 1. The highest BCUT2D eigenvalue weighted by atomic mass is 32.2. The molecule has 0 radical (unpaired) electrons. The summed E-state index contributed by atoms with van der Waals surface area (Å²) in [7, 11) is -7.48. The number of sulfonamides is 2. The Morgan fingerprint density at radius 3 is 2.24 bits per heavy atom. The summed E-state index contributed by atoms with van der Waals surface area (Å²) in [5, 5.41) is 2.70. The molecule has 9 nitrogen and oxygen atoms in total. The van der Waals surface area contributed by atoms with E-state index >= 15 is 0 Å². The molecule has 0 unspecified atom stereocenters. The molecular formula is C23H24N4O5S2. The van der Waals surface area contributed by atoms with Gasteiger partial charge in [0.05, 0.1) is 21.7 Å². The predicted octanol–water partition coefficient (Wildman–Crippen LogP) is 3.23. The Bertz CT molecular complexity index is 1400. The Balaban J connectivity index is 1.51. The highest BCUT2D eigenvalue weighted by molar-refractivity contribution is 7.92. The van der Waals surface area contributed by atoms with Crippen LogP contribution in [0.4, 0.5) is 11.4 Å². The van der Waals surface area contributed by atoms with Crippen LogP contribution in [-0.4, -0.2) is 45.1 Å². The normalized spacial score (nSPS) is 14.6. The van der Waals surface area contributed by atoms with Gasteiger partial charge in [0.2, 0.25) is 10.0 Å². The first-order valence-electron chi connectivity index (χ1n) is 10.6. The summed E-state index contributed by atoms with van der Waals surface area (Å²) in [6, 6.07) is 13.4. The van der Waals surface area contributed by atoms with Crippen LogP contribution in [0.25, 0.3) is 0 Å². The molecule has 0 saturated carbocycles. The number of carbonyl (C=O) groups excluding carboxylic acids is 1. The summed E-state index contributed by atoms with van der Waals surface area (Å²) in [5.74, 6) is -0.486. The minimum atomic E-state index is -3.82. The van der Waals surface area contributed by atoms with Crippen molar-refractivity contribution in [2.24, 2.45) is 0 Å². The SMILES string of the molecule is Cc1ccc(S(=O)(=O)N2CCCC2)cc1C(=O)Nc1ccc(S(=O)(=O)Nc2cccnc2)cc1. The van der Waals surface area contributed by atoms with Crippen molar-refractivity contribution in [3.63, 3.8) is 0 Å². The summed E-state index contributed by atoms with van der Waals surface area (Å²) in [6.07, 6.45) is 4.57. The molecule has 0 aliphatic carbocycles. The summed E-state index contributed by atoms with van der Waals surface area (Å²) < 4.78 is 54.7. The molecule has 1 fully saturated rings. The van der Waals surface area contributed by atoms with Gasteiger partial charge >= 0.3 is 0 Å². The summed E-state index contributed by atoms with van der Waals surface area (Å²) >= 11 is 0. The largest absolute Gasteiger partial charge is 0.322 e. The second kappa shape index (κ2) is 9.53. The highest BCUT2D eigenvalue weighted by Gasteiger charge is 2.28. The van der Waals surface area contributed by atoms with E-state index in [1.54, 1.807) is 25.1 Å². The number of amides is 1. The maximum atomic E-state index is 12.9. The Morgan fingerprint density at radius 1 is 0.912 bits per heavy atom. The molecule has 1 amide bonds. The van der Waals surface area contributed by atoms with Crippen LogP contribution in [0.1, 0.15) is 28.8 Å². The first-order valence-corrected chi connectivity index (χ1v) is 13.5. The van der Waals surface area contributed by atoms with Gasteiger partial charge in [-0.3, -0.25) is 14.5 Å². The number of benzene rings is 2. The number of aromatic nitrogens is 1. The van der Waals surface area contributed by atoms with Gasteiger partial charge in [-0.2, -0.15) is 4.31 Å².